The van der Waals surface area contributed by atoms with E-state index < -0.39 is 0 Å². The summed E-state index contributed by atoms with van der Waals surface area (Å²) in [5.74, 6) is 0.393. The van der Waals surface area contributed by atoms with Gasteiger partial charge in [-0.05, 0) is 71.8 Å². The van der Waals surface area contributed by atoms with Crippen molar-refractivity contribution in [1.82, 2.24) is 0 Å². The summed E-state index contributed by atoms with van der Waals surface area (Å²) in [5, 5.41) is 5.87. The van der Waals surface area contributed by atoms with Gasteiger partial charge in [0.25, 0.3) is 11.8 Å². The highest BCUT2D eigenvalue weighted by molar-refractivity contribution is 6.10. The van der Waals surface area contributed by atoms with Gasteiger partial charge >= 0.3 is 0 Å². The Bertz CT molecular complexity index is 1070. The third kappa shape index (κ3) is 5.60. The molecule has 4 heteroatoms. The van der Waals surface area contributed by atoms with Crippen molar-refractivity contribution in [3.8, 4) is 0 Å². The second kappa shape index (κ2) is 9.61. The van der Waals surface area contributed by atoms with Crippen LogP contribution in [0.25, 0.3) is 0 Å². The Kier molecular flexibility index (Phi) is 6.91. The van der Waals surface area contributed by atoms with Crippen LogP contribution in [-0.4, -0.2) is 11.8 Å². The van der Waals surface area contributed by atoms with Crippen molar-refractivity contribution < 1.29 is 9.59 Å². The Balaban J connectivity index is 1.78. The van der Waals surface area contributed by atoms with E-state index in [4.69, 9.17) is 0 Å². The molecule has 0 aromatic heterocycles. The van der Waals surface area contributed by atoms with E-state index in [1.807, 2.05) is 73.7 Å². The minimum Gasteiger partial charge on any atom is -0.320 e. The molecule has 31 heavy (non-hydrogen) atoms. The Morgan fingerprint density at radius 3 is 1.45 bits per heavy atom. The fourth-order valence-electron chi connectivity index (χ4n) is 3.30. The molecule has 0 aliphatic rings. The molecule has 0 aliphatic heterocycles. The molecule has 3 rings (SSSR count). The van der Waals surface area contributed by atoms with Crippen LogP contribution in [0.15, 0.2) is 66.7 Å². The van der Waals surface area contributed by atoms with Crippen LogP contribution in [0.1, 0.15) is 76.9 Å². The van der Waals surface area contributed by atoms with E-state index in [2.05, 4.69) is 38.3 Å². The van der Waals surface area contributed by atoms with Crippen LogP contribution in [-0.2, 0) is 0 Å². The molecule has 0 bridgehead atoms. The molecule has 3 aromatic carbocycles. The first-order chi connectivity index (χ1) is 14.7. The first kappa shape index (κ1) is 22.3. The number of anilines is 2. The highest BCUT2D eigenvalue weighted by Crippen LogP contribution is 2.25. The summed E-state index contributed by atoms with van der Waals surface area (Å²) in [7, 11) is 0. The maximum absolute atomic E-state index is 12.8. The molecule has 0 saturated heterocycles. The third-order valence-electron chi connectivity index (χ3n) is 5.35. The molecule has 2 N–H and O–H groups in total. The summed E-state index contributed by atoms with van der Waals surface area (Å²) < 4.78 is 0. The van der Waals surface area contributed by atoms with Crippen molar-refractivity contribution in [1.29, 1.82) is 0 Å². The molecule has 160 valence electrons. The first-order valence-electron chi connectivity index (χ1n) is 10.7. The summed E-state index contributed by atoms with van der Waals surface area (Å²) in [5.41, 5.74) is 5.65. The standard InChI is InChI=1S/C27H30N2O2/c1-17(2)20-7-11-22(12-8-20)26(30)28-24-15-6-19(5)16-25(24)29-27(31)23-13-9-21(10-14-23)18(3)4/h6-18H,1-5H3,(H,28,30)(H,29,31). The zero-order valence-corrected chi connectivity index (χ0v) is 18.8. The van der Waals surface area contributed by atoms with Crippen molar-refractivity contribution in [3.05, 3.63) is 94.5 Å². The van der Waals surface area contributed by atoms with Crippen LogP contribution in [0, 0.1) is 6.92 Å². The Labute approximate surface area is 184 Å². The lowest BCUT2D eigenvalue weighted by Crippen LogP contribution is -2.17. The molecule has 0 saturated carbocycles. The summed E-state index contributed by atoms with van der Waals surface area (Å²) in [4.78, 5) is 25.6. The normalized spacial score (nSPS) is 10.9. The second-order valence-corrected chi connectivity index (χ2v) is 8.51. The van der Waals surface area contributed by atoms with E-state index in [9.17, 15) is 9.59 Å². The van der Waals surface area contributed by atoms with E-state index in [1.165, 1.54) is 11.1 Å². The van der Waals surface area contributed by atoms with Crippen LogP contribution in [0.3, 0.4) is 0 Å². The monoisotopic (exact) mass is 414 g/mol. The minimum absolute atomic E-state index is 0.210. The smallest absolute Gasteiger partial charge is 0.255 e. The summed E-state index contributed by atoms with van der Waals surface area (Å²) >= 11 is 0. The van der Waals surface area contributed by atoms with Gasteiger partial charge in [0.1, 0.15) is 0 Å². The average Bonchev–Trinajstić information content (AvgIpc) is 2.75. The predicted molar refractivity (Wildman–Crippen MR) is 128 cm³/mol. The van der Waals surface area contributed by atoms with Gasteiger partial charge < -0.3 is 10.6 Å². The average molecular weight is 415 g/mol. The molecule has 3 aromatic rings. The van der Waals surface area contributed by atoms with Crippen molar-refractivity contribution in [2.24, 2.45) is 0 Å². The van der Waals surface area contributed by atoms with Gasteiger partial charge in [-0.1, -0.05) is 58.0 Å². The molecule has 0 radical (unpaired) electrons. The Morgan fingerprint density at radius 2 is 1.03 bits per heavy atom. The molecular weight excluding hydrogens is 384 g/mol. The minimum atomic E-state index is -0.212. The highest BCUT2D eigenvalue weighted by atomic mass is 16.2. The van der Waals surface area contributed by atoms with E-state index >= 15 is 0 Å². The predicted octanol–water partition coefficient (Wildman–Crippen LogP) is 6.75. The number of carbonyl (C=O) groups excluding carboxylic acids is 2. The maximum Gasteiger partial charge on any atom is 0.255 e. The molecule has 0 spiro atoms. The summed E-state index contributed by atoms with van der Waals surface area (Å²) in [6.07, 6.45) is 0. The summed E-state index contributed by atoms with van der Waals surface area (Å²) in [6.45, 7) is 10.4. The topological polar surface area (TPSA) is 58.2 Å². The van der Waals surface area contributed by atoms with Crippen molar-refractivity contribution in [2.45, 2.75) is 46.5 Å². The van der Waals surface area contributed by atoms with Gasteiger partial charge in [-0.25, -0.2) is 0 Å². The largest absolute Gasteiger partial charge is 0.320 e. The van der Waals surface area contributed by atoms with Crippen molar-refractivity contribution in [3.63, 3.8) is 0 Å². The molecule has 0 unspecified atom stereocenters. The van der Waals surface area contributed by atoms with Gasteiger partial charge in [-0.15, -0.1) is 0 Å². The number of hydrogen-bond acceptors (Lipinski definition) is 2. The molecule has 0 atom stereocenters. The van der Waals surface area contributed by atoms with E-state index in [0.717, 1.165) is 5.56 Å². The lowest BCUT2D eigenvalue weighted by Gasteiger charge is -2.14. The number of aryl methyl sites for hydroxylation is 1. The second-order valence-electron chi connectivity index (χ2n) is 8.51. The molecule has 4 nitrogen and oxygen atoms in total. The SMILES string of the molecule is Cc1ccc(NC(=O)c2ccc(C(C)C)cc2)c(NC(=O)c2ccc(C(C)C)cc2)c1. The van der Waals surface area contributed by atoms with Crippen molar-refractivity contribution >= 4 is 23.2 Å². The lowest BCUT2D eigenvalue weighted by atomic mass is 10.0. The third-order valence-corrected chi connectivity index (χ3v) is 5.35. The number of amides is 2. The highest BCUT2D eigenvalue weighted by Gasteiger charge is 2.13. The molecule has 0 fully saturated rings. The zero-order chi connectivity index (χ0) is 22.5. The zero-order valence-electron chi connectivity index (χ0n) is 18.8. The van der Waals surface area contributed by atoms with Gasteiger partial charge in [-0.3, -0.25) is 9.59 Å². The number of hydrogen-bond donors (Lipinski definition) is 2. The summed E-state index contributed by atoms with van der Waals surface area (Å²) in [6, 6.07) is 20.8. The Morgan fingerprint density at radius 1 is 0.613 bits per heavy atom. The van der Waals surface area contributed by atoms with Crippen LogP contribution < -0.4 is 10.6 Å². The van der Waals surface area contributed by atoms with Crippen LogP contribution in [0.2, 0.25) is 0 Å². The molecule has 2 amide bonds. The van der Waals surface area contributed by atoms with Gasteiger partial charge in [0, 0.05) is 11.1 Å². The van der Waals surface area contributed by atoms with Gasteiger partial charge in [0.2, 0.25) is 0 Å². The molecule has 0 aliphatic carbocycles. The number of carbonyl (C=O) groups is 2. The number of benzene rings is 3. The molecular formula is C27H30N2O2. The van der Waals surface area contributed by atoms with Crippen molar-refractivity contribution in [2.75, 3.05) is 10.6 Å². The van der Waals surface area contributed by atoms with Crippen LogP contribution in [0.4, 0.5) is 11.4 Å². The lowest BCUT2D eigenvalue weighted by molar-refractivity contribution is 0.101. The van der Waals surface area contributed by atoms with Gasteiger partial charge in [-0.2, -0.15) is 0 Å². The number of rotatable bonds is 6. The fraction of sp³-hybridized carbons (Fsp3) is 0.259. The van der Waals surface area contributed by atoms with Gasteiger partial charge in [0.15, 0.2) is 0 Å². The van der Waals surface area contributed by atoms with Gasteiger partial charge in [0.05, 0.1) is 11.4 Å². The van der Waals surface area contributed by atoms with Crippen LogP contribution >= 0.6 is 0 Å². The molecule has 0 heterocycles. The van der Waals surface area contributed by atoms with E-state index in [-0.39, 0.29) is 11.8 Å². The maximum atomic E-state index is 12.8. The van der Waals surface area contributed by atoms with Crippen LogP contribution in [0.5, 0.6) is 0 Å². The quantitative estimate of drug-likeness (QED) is 0.469. The Hall–Kier alpha value is -3.40. The first-order valence-corrected chi connectivity index (χ1v) is 10.7. The van der Waals surface area contributed by atoms with E-state index in [0.29, 0.717) is 34.3 Å². The number of nitrogens with one attached hydrogen (secondary N) is 2. The van der Waals surface area contributed by atoms with E-state index in [1.54, 1.807) is 0 Å². The fourth-order valence-corrected chi connectivity index (χ4v) is 3.30.